The fourth-order valence-corrected chi connectivity index (χ4v) is 6.44. The molecule has 242 valence electrons. The highest BCUT2D eigenvalue weighted by Gasteiger charge is 2.35. The zero-order chi connectivity index (χ0) is 32.6. The summed E-state index contributed by atoms with van der Waals surface area (Å²) in [5.74, 6) is 0.391. The van der Waals surface area contributed by atoms with Crippen LogP contribution in [0, 0.1) is 12.8 Å². The largest absolute Gasteiger partial charge is 0.472 e. The molecule has 2 aliphatic heterocycles. The summed E-state index contributed by atoms with van der Waals surface area (Å²) in [6.07, 6.45) is 1.85. The Morgan fingerprint density at radius 2 is 1.87 bits per heavy atom. The number of aryl methyl sites for hydroxylation is 1. The lowest BCUT2D eigenvalue weighted by Crippen LogP contribution is -2.53. The summed E-state index contributed by atoms with van der Waals surface area (Å²) in [4.78, 5) is 34.4. The normalized spacial score (nSPS) is 15.2. The van der Waals surface area contributed by atoms with Crippen molar-refractivity contribution in [2.45, 2.75) is 59.5 Å². The van der Waals surface area contributed by atoms with E-state index in [4.69, 9.17) is 46.8 Å². The number of hydrogen-bond acceptors (Lipinski definition) is 7. The standard InChI is InChI=1S/C35H37Cl2N3O6/c1-21-25-11-13-44-31(25)27(32(38-21)45-19-22-8-6-5-7-9-22)17-39-12-10-26-28(36)14-24(30(37)29(26)33(39)41)20-43-18-23-15-40(16-23)34(42)46-35(2,3)4/h5-9,11,13-14,23H,10,12,15-20H2,1-4H3. The number of carbonyl (C=O) groups is 2. The Balaban J connectivity index is 1.15. The van der Waals surface area contributed by atoms with Crippen LogP contribution < -0.4 is 4.74 Å². The first kappa shape index (κ1) is 32.2. The molecule has 0 atom stereocenters. The molecule has 4 aromatic rings. The van der Waals surface area contributed by atoms with Gasteiger partial charge in [0.2, 0.25) is 5.88 Å². The molecule has 0 unspecified atom stereocenters. The Hall–Kier alpha value is -3.79. The molecule has 0 N–H and O–H groups in total. The summed E-state index contributed by atoms with van der Waals surface area (Å²) in [6.45, 7) is 10.2. The maximum Gasteiger partial charge on any atom is 0.410 e. The van der Waals surface area contributed by atoms with Crippen molar-refractivity contribution in [2.24, 2.45) is 5.92 Å². The average Bonchev–Trinajstić information content (AvgIpc) is 3.48. The van der Waals surface area contributed by atoms with E-state index in [0.717, 1.165) is 22.2 Å². The molecule has 46 heavy (non-hydrogen) atoms. The summed E-state index contributed by atoms with van der Waals surface area (Å²) in [5, 5.41) is 1.69. The third-order valence-electron chi connectivity index (χ3n) is 8.17. The van der Waals surface area contributed by atoms with E-state index < -0.39 is 5.60 Å². The number of fused-ring (bicyclic) bond motifs is 2. The predicted molar refractivity (Wildman–Crippen MR) is 175 cm³/mol. The molecule has 1 saturated heterocycles. The highest BCUT2D eigenvalue weighted by Crippen LogP contribution is 2.37. The lowest BCUT2D eigenvalue weighted by atomic mass is 9.95. The molecule has 2 amide bonds. The maximum atomic E-state index is 14.0. The summed E-state index contributed by atoms with van der Waals surface area (Å²) in [5.41, 5.74) is 4.35. The van der Waals surface area contributed by atoms with Gasteiger partial charge in [-0.15, -0.1) is 0 Å². The molecule has 0 aliphatic carbocycles. The Morgan fingerprint density at radius 1 is 1.11 bits per heavy atom. The Morgan fingerprint density at radius 3 is 2.61 bits per heavy atom. The highest BCUT2D eigenvalue weighted by molar-refractivity contribution is 6.37. The van der Waals surface area contributed by atoms with Crippen molar-refractivity contribution in [1.82, 2.24) is 14.8 Å². The second-order valence-corrected chi connectivity index (χ2v) is 13.6. The summed E-state index contributed by atoms with van der Waals surface area (Å²) in [6, 6.07) is 13.5. The SMILES string of the molecule is Cc1nc(OCc2ccccc2)c(CN2CCc3c(Cl)cc(COCC4CN(C(=O)OC(C)(C)C)C4)c(Cl)c3C2=O)c2occc12. The first-order chi connectivity index (χ1) is 22.0. The van der Waals surface area contributed by atoms with Crippen LogP contribution in [0.2, 0.25) is 10.0 Å². The van der Waals surface area contributed by atoms with Crippen molar-refractivity contribution in [3.63, 3.8) is 0 Å². The predicted octanol–water partition coefficient (Wildman–Crippen LogP) is 7.60. The van der Waals surface area contributed by atoms with Gasteiger partial charge in [0.15, 0.2) is 0 Å². The number of rotatable bonds is 9. The number of pyridine rings is 1. The summed E-state index contributed by atoms with van der Waals surface area (Å²) < 4.78 is 23.5. The molecule has 2 aliphatic rings. The quantitative estimate of drug-likeness (QED) is 0.182. The van der Waals surface area contributed by atoms with Crippen molar-refractivity contribution >= 4 is 46.2 Å². The minimum absolute atomic E-state index is 0.189. The van der Waals surface area contributed by atoms with Gasteiger partial charge in [0.05, 0.1) is 47.9 Å². The number of nitrogens with zero attached hydrogens (tertiary/aromatic N) is 3. The van der Waals surface area contributed by atoms with Gasteiger partial charge in [0.1, 0.15) is 17.8 Å². The molecule has 2 aromatic heterocycles. The van der Waals surface area contributed by atoms with Crippen LogP contribution in [0.25, 0.3) is 11.0 Å². The first-order valence-electron chi connectivity index (χ1n) is 15.4. The minimum atomic E-state index is -0.533. The van der Waals surface area contributed by atoms with Crippen LogP contribution in [0.5, 0.6) is 5.88 Å². The number of benzene rings is 2. The molecule has 11 heteroatoms. The van der Waals surface area contributed by atoms with Gasteiger partial charge in [-0.25, -0.2) is 9.78 Å². The zero-order valence-electron chi connectivity index (χ0n) is 26.4. The van der Waals surface area contributed by atoms with Crippen LogP contribution >= 0.6 is 23.2 Å². The molecule has 0 radical (unpaired) electrons. The van der Waals surface area contributed by atoms with Gasteiger partial charge in [-0.3, -0.25) is 4.79 Å². The molecule has 0 saturated carbocycles. The van der Waals surface area contributed by atoms with Crippen LogP contribution in [0.1, 0.15) is 59.1 Å². The minimum Gasteiger partial charge on any atom is -0.472 e. The molecule has 0 spiro atoms. The van der Waals surface area contributed by atoms with Crippen LogP contribution in [0.4, 0.5) is 4.79 Å². The molecule has 4 heterocycles. The molecule has 6 rings (SSSR count). The monoisotopic (exact) mass is 665 g/mol. The van der Waals surface area contributed by atoms with Gasteiger partial charge in [0.25, 0.3) is 5.91 Å². The van der Waals surface area contributed by atoms with Crippen molar-refractivity contribution in [3.05, 3.63) is 92.3 Å². The van der Waals surface area contributed by atoms with Crippen LogP contribution in [0.3, 0.4) is 0 Å². The van der Waals surface area contributed by atoms with Gasteiger partial charge in [-0.05, 0) is 62.9 Å². The second-order valence-electron chi connectivity index (χ2n) is 12.8. The molecule has 9 nitrogen and oxygen atoms in total. The highest BCUT2D eigenvalue weighted by atomic mass is 35.5. The van der Waals surface area contributed by atoms with Crippen molar-refractivity contribution < 1.29 is 28.2 Å². The number of carbonyl (C=O) groups excluding carboxylic acids is 2. The molecular weight excluding hydrogens is 629 g/mol. The number of halogens is 2. The maximum absolute atomic E-state index is 14.0. The zero-order valence-corrected chi connectivity index (χ0v) is 27.9. The van der Waals surface area contributed by atoms with E-state index in [9.17, 15) is 9.59 Å². The molecule has 0 bridgehead atoms. The van der Waals surface area contributed by atoms with Crippen molar-refractivity contribution in [2.75, 3.05) is 26.2 Å². The average molecular weight is 667 g/mol. The third kappa shape index (κ3) is 6.82. The van der Waals surface area contributed by atoms with Gasteiger partial charge >= 0.3 is 6.09 Å². The smallest absolute Gasteiger partial charge is 0.410 e. The van der Waals surface area contributed by atoms with E-state index in [2.05, 4.69) is 0 Å². The molecule has 1 fully saturated rings. The van der Waals surface area contributed by atoms with Gasteiger partial charge in [-0.1, -0.05) is 53.5 Å². The molecular formula is C35H37Cl2N3O6. The van der Waals surface area contributed by atoms with E-state index in [0.29, 0.717) is 77.5 Å². The topological polar surface area (TPSA) is 94.3 Å². The summed E-state index contributed by atoms with van der Waals surface area (Å²) >= 11 is 13.6. The summed E-state index contributed by atoms with van der Waals surface area (Å²) in [7, 11) is 0. The van der Waals surface area contributed by atoms with Crippen LogP contribution in [0.15, 0.2) is 53.1 Å². The van der Waals surface area contributed by atoms with Gasteiger partial charge < -0.3 is 28.4 Å². The first-order valence-corrected chi connectivity index (χ1v) is 16.1. The number of aromatic nitrogens is 1. The Labute approximate surface area is 278 Å². The van der Waals surface area contributed by atoms with E-state index in [1.165, 1.54) is 0 Å². The van der Waals surface area contributed by atoms with Crippen molar-refractivity contribution in [1.29, 1.82) is 0 Å². The lowest BCUT2D eigenvalue weighted by molar-refractivity contribution is -0.0227. The number of likely N-dealkylation sites (tertiary alicyclic amines) is 1. The van der Waals surface area contributed by atoms with E-state index in [1.54, 1.807) is 22.1 Å². The third-order valence-corrected chi connectivity index (χ3v) is 8.94. The van der Waals surface area contributed by atoms with E-state index >= 15 is 0 Å². The van der Waals surface area contributed by atoms with Gasteiger partial charge in [0, 0.05) is 36.0 Å². The Bertz CT molecular complexity index is 1760. The van der Waals surface area contributed by atoms with E-state index in [1.807, 2.05) is 64.1 Å². The number of hydrogen-bond donors (Lipinski definition) is 0. The fourth-order valence-electron chi connectivity index (χ4n) is 5.81. The molecule has 2 aromatic carbocycles. The van der Waals surface area contributed by atoms with Gasteiger partial charge in [-0.2, -0.15) is 0 Å². The lowest BCUT2D eigenvalue weighted by Gasteiger charge is -2.39. The number of furan rings is 1. The van der Waals surface area contributed by atoms with Crippen LogP contribution in [-0.4, -0.2) is 58.6 Å². The van der Waals surface area contributed by atoms with Crippen molar-refractivity contribution in [3.8, 4) is 5.88 Å². The Kier molecular flexibility index (Phi) is 9.19. The fraction of sp³-hybridized carbons (Fsp3) is 0.400. The van der Waals surface area contributed by atoms with E-state index in [-0.39, 0.29) is 31.1 Å². The second kappa shape index (κ2) is 13.1. The van der Waals surface area contributed by atoms with Crippen LogP contribution in [-0.2, 0) is 35.7 Å². The number of amides is 2. The number of ether oxygens (including phenoxy) is 3.